The van der Waals surface area contributed by atoms with Crippen LogP contribution in [-0.2, 0) is 19.1 Å². The molecule has 0 rings (SSSR count). The van der Waals surface area contributed by atoms with Gasteiger partial charge in [-0.15, -0.1) is 0 Å². The molecule has 2 N–H and O–H groups in total. The molecule has 0 aliphatic carbocycles. The van der Waals surface area contributed by atoms with Crippen LogP contribution in [0.1, 0.15) is 168 Å². The van der Waals surface area contributed by atoms with Crippen LogP contribution in [0.2, 0.25) is 0 Å². The second-order valence-electron chi connectivity index (χ2n) is 12.5. The smallest absolute Gasteiger partial charge is 0.306 e. The first-order valence-corrected chi connectivity index (χ1v) is 18.8. The van der Waals surface area contributed by atoms with Crippen LogP contribution >= 0.6 is 0 Å². The van der Waals surface area contributed by atoms with Crippen molar-refractivity contribution in [3.8, 4) is 0 Å². The van der Waals surface area contributed by atoms with Gasteiger partial charge in [0, 0.05) is 12.8 Å². The maximum absolute atomic E-state index is 12.1. The number of rotatable bonds is 33. The molecular weight excluding hydrogens is 576 g/mol. The number of unbranched alkanes of at least 4 members (excludes halogenated alkanes) is 17. The molecule has 2 atom stereocenters. The number of aliphatic hydroxyl groups excluding tert-OH is 2. The fourth-order valence-electron chi connectivity index (χ4n) is 5.04. The van der Waals surface area contributed by atoms with Gasteiger partial charge in [-0.25, -0.2) is 0 Å². The Balaban J connectivity index is 3.74. The molecule has 0 saturated heterocycles. The van der Waals surface area contributed by atoms with Crippen molar-refractivity contribution in [2.45, 2.75) is 180 Å². The van der Waals surface area contributed by atoms with Crippen LogP contribution in [0.15, 0.2) is 48.6 Å². The Bertz CT molecular complexity index is 800. The number of esters is 2. The zero-order valence-electron chi connectivity index (χ0n) is 29.7. The van der Waals surface area contributed by atoms with E-state index in [1.807, 2.05) is 42.5 Å². The minimum absolute atomic E-state index is 0.105. The highest BCUT2D eigenvalue weighted by Crippen LogP contribution is 2.14. The predicted octanol–water partition coefficient (Wildman–Crippen LogP) is 10.4. The fraction of sp³-hybridized carbons (Fsp3) is 0.750. The lowest BCUT2D eigenvalue weighted by molar-refractivity contribution is -0.161. The van der Waals surface area contributed by atoms with E-state index in [0.29, 0.717) is 19.3 Å². The van der Waals surface area contributed by atoms with Crippen molar-refractivity contribution < 1.29 is 29.3 Å². The van der Waals surface area contributed by atoms with Crippen LogP contribution in [0.4, 0.5) is 0 Å². The molecule has 0 aromatic rings. The molecule has 0 aliphatic heterocycles. The van der Waals surface area contributed by atoms with Gasteiger partial charge in [0.05, 0.1) is 12.7 Å². The minimum atomic E-state index is -0.819. The predicted molar refractivity (Wildman–Crippen MR) is 193 cm³/mol. The first kappa shape index (κ1) is 43.8. The molecule has 0 unspecified atom stereocenters. The van der Waals surface area contributed by atoms with Crippen molar-refractivity contribution in [3.05, 3.63) is 48.6 Å². The van der Waals surface area contributed by atoms with Gasteiger partial charge in [0.2, 0.25) is 0 Å². The molecule has 0 bridgehead atoms. The number of hydrogen-bond acceptors (Lipinski definition) is 6. The molecule has 0 heterocycles. The van der Waals surface area contributed by atoms with Crippen molar-refractivity contribution in [1.29, 1.82) is 0 Å². The van der Waals surface area contributed by atoms with Crippen LogP contribution in [0.3, 0.4) is 0 Å². The summed E-state index contributed by atoms with van der Waals surface area (Å²) in [5.74, 6) is -0.697. The lowest BCUT2D eigenvalue weighted by Crippen LogP contribution is -2.28. The number of ether oxygens (including phenoxy) is 2. The molecule has 0 saturated carbocycles. The molecule has 6 nitrogen and oxygen atoms in total. The zero-order chi connectivity index (χ0) is 33.8. The van der Waals surface area contributed by atoms with E-state index in [1.54, 1.807) is 0 Å². The van der Waals surface area contributed by atoms with Gasteiger partial charge in [0.25, 0.3) is 0 Å². The van der Waals surface area contributed by atoms with Gasteiger partial charge < -0.3 is 19.7 Å². The van der Waals surface area contributed by atoms with Crippen LogP contribution in [0, 0.1) is 0 Å². The first-order chi connectivity index (χ1) is 22.5. The molecule has 0 aliphatic rings. The summed E-state index contributed by atoms with van der Waals surface area (Å²) in [6.45, 7) is 3.98. The molecule has 46 heavy (non-hydrogen) atoms. The van der Waals surface area contributed by atoms with Gasteiger partial charge in [-0.2, -0.15) is 0 Å². The molecule has 266 valence electrons. The molecule has 0 amide bonds. The summed E-state index contributed by atoms with van der Waals surface area (Å²) >= 11 is 0. The number of carbonyl (C=O) groups is 2. The summed E-state index contributed by atoms with van der Waals surface area (Å²) in [5.41, 5.74) is 0. The van der Waals surface area contributed by atoms with E-state index in [2.05, 4.69) is 19.9 Å². The molecule has 0 spiro atoms. The summed E-state index contributed by atoms with van der Waals surface area (Å²) in [7, 11) is 0. The van der Waals surface area contributed by atoms with E-state index < -0.39 is 18.2 Å². The number of hydrogen-bond donors (Lipinski definition) is 2. The van der Waals surface area contributed by atoms with Crippen molar-refractivity contribution in [3.63, 3.8) is 0 Å². The molecular formula is C40H70O6. The van der Waals surface area contributed by atoms with Crippen molar-refractivity contribution >= 4 is 11.9 Å². The van der Waals surface area contributed by atoms with Crippen molar-refractivity contribution in [2.24, 2.45) is 0 Å². The maximum Gasteiger partial charge on any atom is 0.306 e. The second-order valence-corrected chi connectivity index (χ2v) is 12.5. The Kier molecular flexibility index (Phi) is 34.0. The topological polar surface area (TPSA) is 93.1 Å². The maximum atomic E-state index is 12.1. The van der Waals surface area contributed by atoms with E-state index in [-0.39, 0.29) is 25.6 Å². The Morgan fingerprint density at radius 2 is 1.15 bits per heavy atom. The highest BCUT2D eigenvalue weighted by Gasteiger charge is 2.15. The average Bonchev–Trinajstić information content (AvgIpc) is 3.05. The third-order valence-corrected chi connectivity index (χ3v) is 7.96. The molecule has 0 fully saturated rings. The van der Waals surface area contributed by atoms with Gasteiger partial charge in [-0.05, 0) is 44.9 Å². The van der Waals surface area contributed by atoms with Crippen LogP contribution in [0.5, 0.6) is 0 Å². The molecule has 6 heteroatoms. The van der Waals surface area contributed by atoms with Crippen molar-refractivity contribution in [2.75, 3.05) is 13.2 Å². The summed E-state index contributed by atoms with van der Waals surface area (Å²) in [4.78, 5) is 24.2. The standard InChI is InChI=1S/C40H70O6/c1-3-5-7-9-11-12-13-14-15-16-17-21-25-29-33-39(43)45-36-38(35-41)46-40(44)34-30-26-22-18-20-24-28-32-37(42)31-27-23-19-10-8-6-4-2/h18-19,22-24,27-28,31,37-38,41-42H,3-17,20-21,25-26,29-30,32-36H2,1-2H3/b22-18+,23-19-,28-24-,31-27-/t37-,38-/m0/s1. The lowest BCUT2D eigenvalue weighted by atomic mass is 10.0. The Hall–Kier alpha value is -2.18. The van der Waals surface area contributed by atoms with Gasteiger partial charge in [0.1, 0.15) is 6.61 Å². The Labute approximate surface area is 282 Å². The van der Waals surface area contributed by atoms with Crippen LogP contribution < -0.4 is 0 Å². The van der Waals surface area contributed by atoms with E-state index in [4.69, 9.17) is 9.47 Å². The fourth-order valence-corrected chi connectivity index (χ4v) is 5.04. The average molecular weight is 647 g/mol. The highest BCUT2D eigenvalue weighted by molar-refractivity contribution is 5.70. The number of carbonyl (C=O) groups excluding carboxylic acids is 2. The van der Waals surface area contributed by atoms with Gasteiger partial charge >= 0.3 is 11.9 Å². The number of allylic oxidation sites excluding steroid dienone is 6. The van der Waals surface area contributed by atoms with Crippen LogP contribution in [-0.4, -0.2) is 47.6 Å². The van der Waals surface area contributed by atoms with E-state index >= 15 is 0 Å². The van der Waals surface area contributed by atoms with Gasteiger partial charge in [-0.1, -0.05) is 159 Å². The summed E-state index contributed by atoms with van der Waals surface area (Å²) in [5, 5.41) is 19.5. The first-order valence-electron chi connectivity index (χ1n) is 18.8. The summed E-state index contributed by atoms with van der Waals surface area (Å²) in [6, 6.07) is 0. The third-order valence-electron chi connectivity index (χ3n) is 7.96. The second kappa shape index (κ2) is 35.7. The van der Waals surface area contributed by atoms with E-state index in [1.165, 1.54) is 89.9 Å². The molecule has 0 aromatic heterocycles. The van der Waals surface area contributed by atoms with E-state index in [0.717, 1.165) is 38.5 Å². The van der Waals surface area contributed by atoms with Gasteiger partial charge in [0.15, 0.2) is 6.10 Å². The highest BCUT2D eigenvalue weighted by atomic mass is 16.6. The van der Waals surface area contributed by atoms with Crippen molar-refractivity contribution in [1.82, 2.24) is 0 Å². The third kappa shape index (κ3) is 33.2. The largest absolute Gasteiger partial charge is 0.462 e. The zero-order valence-corrected chi connectivity index (χ0v) is 29.7. The Morgan fingerprint density at radius 1 is 0.609 bits per heavy atom. The number of aliphatic hydroxyl groups is 2. The quantitative estimate of drug-likeness (QED) is 0.0319. The van der Waals surface area contributed by atoms with Gasteiger partial charge in [-0.3, -0.25) is 9.59 Å². The summed E-state index contributed by atoms with van der Waals surface area (Å²) < 4.78 is 10.5. The normalized spacial score (nSPS) is 13.4. The lowest BCUT2D eigenvalue weighted by Gasteiger charge is -2.15. The SMILES string of the molecule is CCCCC/C=C\C=C/[C@H](O)C/C=C\C/C=C/CCCC(=O)O[C@@H](CO)COC(=O)CCCCCCCCCCCCCCCC. The monoisotopic (exact) mass is 647 g/mol. The molecule has 0 radical (unpaired) electrons. The van der Waals surface area contributed by atoms with Crippen LogP contribution in [0.25, 0.3) is 0 Å². The summed E-state index contributed by atoms with van der Waals surface area (Å²) in [6.07, 6.45) is 40.5. The molecule has 0 aromatic carbocycles. The van der Waals surface area contributed by atoms with E-state index in [9.17, 15) is 19.8 Å². The Morgan fingerprint density at radius 3 is 1.78 bits per heavy atom. The minimum Gasteiger partial charge on any atom is -0.462 e.